The molecule has 0 aliphatic carbocycles. The lowest BCUT2D eigenvalue weighted by molar-refractivity contribution is 0.629. The standard InChI is InChI=1S/C11H11ClFN3S/c1-6-4-16-11(17-6)5-15-10-3-8(13)7(12)2-9(10)14/h2-4,15H,5,14H2,1H3. The number of nitrogen functional groups attached to an aromatic ring is 1. The second-order valence-electron chi connectivity index (χ2n) is 3.57. The van der Waals surface area contributed by atoms with Crippen molar-refractivity contribution in [1.82, 2.24) is 4.98 Å². The average Bonchev–Trinajstić information content (AvgIpc) is 2.68. The monoisotopic (exact) mass is 271 g/mol. The molecule has 3 nitrogen and oxygen atoms in total. The van der Waals surface area contributed by atoms with Crippen molar-refractivity contribution in [2.45, 2.75) is 13.5 Å². The maximum Gasteiger partial charge on any atom is 0.143 e. The summed E-state index contributed by atoms with van der Waals surface area (Å²) in [6.45, 7) is 2.50. The van der Waals surface area contributed by atoms with E-state index in [0.29, 0.717) is 17.9 Å². The van der Waals surface area contributed by atoms with Crippen molar-refractivity contribution in [3.8, 4) is 0 Å². The summed E-state index contributed by atoms with van der Waals surface area (Å²) in [6, 6.07) is 2.68. The van der Waals surface area contributed by atoms with E-state index in [4.69, 9.17) is 17.3 Å². The third-order valence-corrected chi connectivity index (χ3v) is 3.39. The Hall–Kier alpha value is -1.33. The lowest BCUT2D eigenvalue weighted by atomic mass is 10.2. The molecule has 2 rings (SSSR count). The van der Waals surface area contributed by atoms with E-state index < -0.39 is 5.82 Å². The molecule has 1 aromatic heterocycles. The fourth-order valence-corrected chi connectivity index (χ4v) is 2.27. The van der Waals surface area contributed by atoms with Gasteiger partial charge in [-0.1, -0.05) is 11.6 Å². The number of hydrogen-bond acceptors (Lipinski definition) is 4. The highest BCUT2D eigenvalue weighted by Gasteiger charge is 2.06. The first kappa shape index (κ1) is 12.1. The fourth-order valence-electron chi connectivity index (χ4n) is 1.37. The molecular formula is C11H11ClFN3S. The predicted molar refractivity (Wildman–Crippen MR) is 70.0 cm³/mol. The first-order valence-corrected chi connectivity index (χ1v) is 6.15. The summed E-state index contributed by atoms with van der Waals surface area (Å²) in [5.41, 5.74) is 6.68. The van der Waals surface area contributed by atoms with Crippen molar-refractivity contribution in [3.63, 3.8) is 0 Å². The zero-order valence-corrected chi connectivity index (χ0v) is 10.7. The minimum atomic E-state index is -0.487. The van der Waals surface area contributed by atoms with E-state index in [0.717, 1.165) is 9.88 Å². The molecule has 17 heavy (non-hydrogen) atoms. The summed E-state index contributed by atoms with van der Waals surface area (Å²) in [5.74, 6) is -0.487. The minimum Gasteiger partial charge on any atom is -0.397 e. The van der Waals surface area contributed by atoms with Crippen molar-refractivity contribution >= 4 is 34.3 Å². The van der Waals surface area contributed by atoms with Crippen LogP contribution in [0.1, 0.15) is 9.88 Å². The number of thiazole rings is 1. The summed E-state index contributed by atoms with van der Waals surface area (Å²) >= 11 is 7.20. The van der Waals surface area contributed by atoms with Gasteiger partial charge in [0, 0.05) is 17.1 Å². The molecule has 3 N–H and O–H groups in total. The molecule has 0 aliphatic heterocycles. The van der Waals surface area contributed by atoms with Crippen LogP contribution in [0.2, 0.25) is 5.02 Å². The lowest BCUT2D eigenvalue weighted by Gasteiger charge is -2.08. The van der Waals surface area contributed by atoms with Gasteiger partial charge in [0.15, 0.2) is 0 Å². The highest BCUT2D eigenvalue weighted by molar-refractivity contribution is 7.11. The van der Waals surface area contributed by atoms with Crippen molar-refractivity contribution in [2.75, 3.05) is 11.1 Å². The Morgan fingerprint density at radius 3 is 2.94 bits per heavy atom. The second-order valence-corrected chi connectivity index (χ2v) is 5.30. The van der Waals surface area contributed by atoms with E-state index in [-0.39, 0.29) is 5.02 Å². The molecule has 1 heterocycles. The van der Waals surface area contributed by atoms with Crippen LogP contribution in [0, 0.1) is 12.7 Å². The maximum absolute atomic E-state index is 13.2. The van der Waals surface area contributed by atoms with E-state index in [1.54, 1.807) is 17.5 Å². The maximum atomic E-state index is 13.2. The number of aromatic nitrogens is 1. The molecule has 0 saturated carbocycles. The van der Waals surface area contributed by atoms with Crippen molar-refractivity contribution in [3.05, 3.63) is 39.1 Å². The van der Waals surface area contributed by atoms with Crippen molar-refractivity contribution in [2.24, 2.45) is 0 Å². The van der Waals surface area contributed by atoms with Gasteiger partial charge in [-0.3, -0.25) is 0 Å². The molecule has 1 aromatic carbocycles. The number of anilines is 2. The molecule has 0 bridgehead atoms. The van der Waals surface area contributed by atoms with Gasteiger partial charge in [-0.25, -0.2) is 9.37 Å². The van der Waals surface area contributed by atoms with Crippen LogP contribution in [-0.2, 0) is 6.54 Å². The van der Waals surface area contributed by atoms with Gasteiger partial charge in [-0.2, -0.15) is 0 Å². The summed E-state index contributed by atoms with van der Waals surface area (Å²) in [6.07, 6.45) is 1.80. The molecular weight excluding hydrogens is 261 g/mol. The van der Waals surface area contributed by atoms with Gasteiger partial charge in [0.25, 0.3) is 0 Å². The predicted octanol–water partition coefficient (Wildman–Crippen LogP) is 3.44. The molecule has 0 unspecified atom stereocenters. The number of rotatable bonds is 3. The second kappa shape index (κ2) is 4.89. The summed E-state index contributed by atoms with van der Waals surface area (Å²) in [7, 11) is 0. The van der Waals surface area contributed by atoms with Gasteiger partial charge in [0.1, 0.15) is 10.8 Å². The van der Waals surface area contributed by atoms with E-state index in [1.807, 2.05) is 6.92 Å². The highest BCUT2D eigenvalue weighted by Crippen LogP contribution is 2.26. The van der Waals surface area contributed by atoms with Crippen LogP contribution in [0.5, 0.6) is 0 Å². The molecule has 0 radical (unpaired) electrons. The third-order valence-electron chi connectivity index (χ3n) is 2.19. The largest absolute Gasteiger partial charge is 0.397 e. The molecule has 2 aromatic rings. The Morgan fingerprint density at radius 1 is 1.53 bits per heavy atom. The SMILES string of the molecule is Cc1cnc(CNc2cc(F)c(Cl)cc2N)s1. The van der Waals surface area contributed by atoms with Crippen LogP contribution in [0.15, 0.2) is 18.3 Å². The number of aryl methyl sites for hydroxylation is 1. The zero-order valence-electron chi connectivity index (χ0n) is 9.13. The first-order chi connectivity index (χ1) is 8.06. The number of nitrogens with one attached hydrogen (secondary N) is 1. The van der Waals surface area contributed by atoms with Crippen LogP contribution in [-0.4, -0.2) is 4.98 Å². The zero-order chi connectivity index (χ0) is 12.4. The van der Waals surface area contributed by atoms with Crippen LogP contribution >= 0.6 is 22.9 Å². The van der Waals surface area contributed by atoms with Gasteiger partial charge >= 0.3 is 0 Å². The Morgan fingerprint density at radius 2 is 2.29 bits per heavy atom. The molecule has 0 aliphatic rings. The number of nitrogens with two attached hydrogens (primary N) is 1. The molecule has 90 valence electrons. The number of hydrogen-bond donors (Lipinski definition) is 2. The van der Waals surface area contributed by atoms with E-state index in [1.165, 1.54) is 12.1 Å². The van der Waals surface area contributed by atoms with E-state index >= 15 is 0 Å². The molecule has 0 amide bonds. The molecule has 0 saturated heterocycles. The van der Waals surface area contributed by atoms with Crippen LogP contribution in [0.25, 0.3) is 0 Å². The molecule has 0 spiro atoms. The van der Waals surface area contributed by atoms with E-state index in [9.17, 15) is 4.39 Å². The Kier molecular flexibility index (Phi) is 3.49. The van der Waals surface area contributed by atoms with Gasteiger partial charge in [-0.15, -0.1) is 11.3 Å². The molecule has 0 fully saturated rings. The first-order valence-electron chi connectivity index (χ1n) is 4.96. The van der Waals surface area contributed by atoms with Crippen LogP contribution in [0.3, 0.4) is 0 Å². The fraction of sp³-hybridized carbons (Fsp3) is 0.182. The number of benzene rings is 1. The highest BCUT2D eigenvalue weighted by atomic mass is 35.5. The lowest BCUT2D eigenvalue weighted by Crippen LogP contribution is -2.02. The normalized spacial score (nSPS) is 10.5. The smallest absolute Gasteiger partial charge is 0.143 e. The Bertz CT molecular complexity index is 542. The molecule has 6 heteroatoms. The average molecular weight is 272 g/mol. The Labute approximate surface area is 107 Å². The van der Waals surface area contributed by atoms with Gasteiger partial charge in [0.05, 0.1) is 22.9 Å². The number of halogens is 2. The van der Waals surface area contributed by atoms with Gasteiger partial charge in [-0.05, 0) is 13.0 Å². The topological polar surface area (TPSA) is 50.9 Å². The summed E-state index contributed by atoms with van der Waals surface area (Å²) in [5, 5.41) is 3.99. The summed E-state index contributed by atoms with van der Waals surface area (Å²) in [4.78, 5) is 5.33. The number of nitrogens with zero attached hydrogens (tertiary/aromatic N) is 1. The molecule has 0 atom stereocenters. The van der Waals surface area contributed by atoms with Gasteiger partial charge in [0.2, 0.25) is 0 Å². The summed E-state index contributed by atoms with van der Waals surface area (Å²) < 4.78 is 13.2. The van der Waals surface area contributed by atoms with Gasteiger partial charge < -0.3 is 11.1 Å². The Balaban J connectivity index is 2.11. The van der Waals surface area contributed by atoms with Crippen molar-refractivity contribution in [1.29, 1.82) is 0 Å². The van der Waals surface area contributed by atoms with E-state index in [2.05, 4.69) is 10.3 Å². The quantitative estimate of drug-likeness (QED) is 0.841. The van der Waals surface area contributed by atoms with Crippen LogP contribution in [0.4, 0.5) is 15.8 Å². The van der Waals surface area contributed by atoms with Crippen molar-refractivity contribution < 1.29 is 4.39 Å². The third kappa shape index (κ3) is 2.87. The minimum absolute atomic E-state index is 0.0261. The van der Waals surface area contributed by atoms with Crippen LogP contribution < -0.4 is 11.1 Å².